The molecular formula is C7H15NO4. The second kappa shape index (κ2) is 3.27. The molecule has 0 aromatic heterocycles. The highest BCUT2D eigenvalue weighted by Gasteiger charge is 2.47. The SMILES string of the molecule is N[C@@H]1CC[C@H](O)[C@@H](O)[C@]1(O)CO. The molecule has 0 amide bonds. The van der Waals surface area contributed by atoms with Crippen LogP contribution >= 0.6 is 0 Å². The first kappa shape index (κ1) is 9.88. The zero-order valence-electron chi connectivity index (χ0n) is 6.72. The number of aliphatic hydroxyl groups excluding tert-OH is 3. The lowest BCUT2D eigenvalue weighted by atomic mass is 9.77. The first-order valence-electron chi connectivity index (χ1n) is 3.97. The molecule has 6 N–H and O–H groups in total. The smallest absolute Gasteiger partial charge is 0.131 e. The molecule has 0 aliphatic heterocycles. The van der Waals surface area contributed by atoms with Crippen molar-refractivity contribution in [2.24, 2.45) is 5.73 Å². The summed E-state index contributed by atoms with van der Waals surface area (Å²) in [6, 6.07) is -0.680. The lowest BCUT2D eigenvalue weighted by Crippen LogP contribution is -2.65. The van der Waals surface area contributed by atoms with Crippen LogP contribution < -0.4 is 5.73 Å². The van der Waals surface area contributed by atoms with Gasteiger partial charge in [0.05, 0.1) is 12.7 Å². The monoisotopic (exact) mass is 177 g/mol. The third-order valence-electron chi connectivity index (χ3n) is 2.55. The topological polar surface area (TPSA) is 107 Å². The van der Waals surface area contributed by atoms with E-state index in [0.29, 0.717) is 12.8 Å². The molecule has 0 unspecified atom stereocenters. The van der Waals surface area contributed by atoms with Gasteiger partial charge in [-0.25, -0.2) is 0 Å². The van der Waals surface area contributed by atoms with Crippen LogP contribution in [0.15, 0.2) is 0 Å². The fourth-order valence-electron chi connectivity index (χ4n) is 1.52. The van der Waals surface area contributed by atoms with Gasteiger partial charge in [-0.15, -0.1) is 0 Å². The predicted molar refractivity (Wildman–Crippen MR) is 41.3 cm³/mol. The van der Waals surface area contributed by atoms with Crippen molar-refractivity contribution in [3.63, 3.8) is 0 Å². The molecule has 0 bridgehead atoms. The third kappa shape index (κ3) is 1.34. The van der Waals surface area contributed by atoms with Crippen LogP contribution in [-0.2, 0) is 0 Å². The molecule has 72 valence electrons. The average Bonchev–Trinajstić information content (AvgIpc) is 2.08. The number of hydrogen-bond acceptors (Lipinski definition) is 5. The van der Waals surface area contributed by atoms with E-state index >= 15 is 0 Å². The minimum absolute atomic E-state index is 0.352. The van der Waals surface area contributed by atoms with E-state index in [1.165, 1.54) is 0 Å². The van der Waals surface area contributed by atoms with Crippen molar-refractivity contribution in [2.45, 2.75) is 36.7 Å². The van der Waals surface area contributed by atoms with Crippen LogP contribution in [0.5, 0.6) is 0 Å². The van der Waals surface area contributed by atoms with Crippen LogP contribution in [0.2, 0.25) is 0 Å². The maximum Gasteiger partial charge on any atom is 0.131 e. The van der Waals surface area contributed by atoms with Gasteiger partial charge in [0.1, 0.15) is 11.7 Å². The zero-order valence-corrected chi connectivity index (χ0v) is 6.72. The molecule has 1 aliphatic carbocycles. The number of aliphatic hydroxyl groups is 4. The van der Waals surface area contributed by atoms with E-state index in [-0.39, 0.29) is 0 Å². The molecule has 5 nitrogen and oxygen atoms in total. The summed E-state index contributed by atoms with van der Waals surface area (Å²) in [5.74, 6) is 0. The molecule has 0 spiro atoms. The number of nitrogens with two attached hydrogens (primary N) is 1. The van der Waals surface area contributed by atoms with Crippen molar-refractivity contribution in [1.29, 1.82) is 0 Å². The van der Waals surface area contributed by atoms with E-state index in [2.05, 4.69) is 0 Å². The second-order valence-electron chi connectivity index (χ2n) is 3.35. The minimum atomic E-state index is -1.75. The van der Waals surface area contributed by atoms with Gasteiger partial charge in [-0.3, -0.25) is 0 Å². The molecule has 1 rings (SSSR count). The first-order valence-corrected chi connectivity index (χ1v) is 3.97. The maximum absolute atomic E-state index is 9.60. The Labute approximate surface area is 70.4 Å². The van der Waals surface area contributed by atoms with E-state index in [9.17, 15) is 15.3 Å². The molecule has 4 atom stereocenters. The quantitative estimate of drug-likeness (QED) is 0.306. The summed E-state index contributed by atoms with van der Waals surface area (Å²) in [7, 11) is 0. The Balaban J connectivity index is 2.78. The molecule has 1 saturated carbocycles. The summed E-state index contributed by atoms with van der Waals surface area (Å²) < 4.78 is 0. The van der Waals surface area contributed by atoms with Gasteiger partial charge in [0.15, 0.2) is 0 Å². The highest BCUT2D eigenvalue weighted by Crippen LogP contribution is 2.27. The Morgan fingerprint density at radius 1 is 1.33 bits per heavy atom. The first-order chi connectivity index (χ1) is 5.52. The summed E-state index contributed by atoms with van der Waals surface area (Å²) in [6.07, 6.45) is -1.60. The Morgan fingerprint density at radius 2 is 1.92 bits per heavy atom. The third-order valence-corrected chi connectivity index (χ3v) is 2.55. The standard InChI is InChI=1S/C7H15NO4/c8-5-2-1-4(10)6(11)7(5,12)3-9/h4-6,9-12H,1-3,8H2/t4-,5+,6+,7-/m0/s1. The van der Waals surface area contributed by atoms with E-state index in [1.807, 2.05) is 0 Å². The molecule has 0 aromatic carbocycles. The molecule has 1 aliphatic rings. The summed E-state index contributed by atoms with van der Waals surface area (Å²) in [5.41, 5.74) is 3.74. The lowest BCUT2D eigenvalue weighted by molar-refractivity contribution is -0.177. The van der Waals surface area contributed by atoms with Crippen molar-refractivity contribution in [3.05, 3.63) is 0 Å². The van der Waals surface area contributed by atoms with Gasteiger partial charge >= 0.3 is 0 Å². The molecular weight excluding hydrogens is 162 g/mol. The predicted octanol–water partition coefficient (Wildman–Crippen LogP) is -2.45. The molecule has 0 heterocycles. The van der Waals surface area contributed by atoms with Crippen LogP contribution in [-0.4, -0.2) is 50.9 Å². The molecule has 0 saturated heterocycles. The van der Waals surface area contributed by atoms with Crippen molar-refractivity contribution in [2.75, 3.05) is 6.61 Å². The van der Waals surface area contributed by atoms with Gasteiger partial charge in [0.2, 0.25) is 0 Å². The fraction of sp³-hybridized carbons (Fsp3) is 1.00. The van der Waals surface area contributed by atoms with E-state index in [0.717, 1.165) is 0 Å². The molecule has 0 radical (unpaired) electrons. The van der Waals surface area contributed by atoms with Crippen molar-refractivity contribution in [1.82, 2.24) is 0 Å². The maximum atomic E-state index is 9.60. The fourth-order valence-corrected chi connectivity index (χ4v) is 1.52. The molecule has 0 aromatic rings. The number of rotatable bonds is 1. The van der Waals surface area contributed by atoms with Crippen LogP contribution in [0.3, 0.4) is 0 Å². The van der Waals surface area contributed by atoms with Gasteiger partial charge in [-0.1, -0.05) is 0 Å². The molecule has 12 heavy (non-hydrogen) atoms. The second-order valence-corrected chi connectivity index (χ2v) is 3.35. The zero-order chi connectivity index (χ0) is 9.35. The summed E-state index contributed by atoms with van der Waals surface area (Å²) in [5, 5.41) is 36.9. The Kier molecular flexibility index (Phi) is 2.70. The van der Waals surface area contributed by atoms with Gasteiger partial charge in [0.25, 0.3) is 0 Å². The van der Waals surface area contributed by atoms with Gasteiger partial charge in [-0.2, -0.15) is 0 Å². The van der Waals surface area contributed by atoms with E-state index in [1.54, 1.807) is 0 Å². The normalized spacial score (nSPS) is 49.2. The highest BCUT2D eigenvalue weighted by molar-refractivity contribution is 5.02. The van der Waals surface area contributed by atoms with Crippen LogP contribution in [0, 0.1) is 0 Å². The van der Waals surface area contributed by atoms with Crippen molar-refractivity contribution < 1.29 is 20.4 Å². The Bertz CT molecular complexity index is 165. The van der Waals surface area contributed by atoms with E-state index in [4.69, 9.17) is 10.8 Å². The van der Waals surface area contributed by atoms with Gasteiger partial charge in [-0.05, 0) is 12.8 Å². The van der Waals surface area contributed by atoms with E-state index < -0.39 is 30.5 Å². The van der Waals surface area contributed by atoms with Crippen molar-refractivity contribution >= 4 is 0 Å². The largest absolute Gasteiger partial charge is 0.393 e. The van der Waals surface area contributed by atoms with Gasteiger partial charge in [0, 0.05) is 6.04 Å². The highest BCUT2D eigenvalue weighted by atomic mass is 16.4. The Hall–Kier alpha value is -0.200. The number of hydrogen-bond donors (Lipinski definition) is 5. The van der Waals surface area contributed by atoms with Gasteiger partial charge < -0.3 is 26.2 Å². The van der Waals surface area contributed by atoms with Crippen LogP contribution in [0.25, 0.3) is 0 Å². The lowest BCUT2D eigenvalue weighted by Gasteiger charge is -2.42. The summed E-state index contributed by atoms with van der Waals surface area (Å²) >= 11 is 0. The minimum Gasteiger partial charge on any atom is -0.393 e. The Morgan fingerprint density at radius 3 is 2.33 bits per heavy atom. The van der Waals surface area contributed by atoms with Crippen LogP contribution in [0.4, 0.5) is 0 Å². The summed E-state index contributed by atoms with van der Waals surface area (Å²) in [4.78, 5) is 0. The average molecular weight is 177 g/mol. The molecule has 5 heteroatoms. The van der Waals surface area contributed by atoms with Crippen molar-refractivity contribution in [3.8, 4) is 0 Å². The summed E-state index contributed by atoms with van der Waals surface area (Å²) in [6.45, 7) is -0.633. The van der Waals surface area contributed by atoms with Crippen LogP contribution in [0.1, 0.15) is 12.8 Å². The molecule has 1 fully saturated rings.